The van der Waals surface area contributed by atoms with E-state index in [0.29, 0.717) is 6.54 Å². The third-order valence-corrected chi connectivity index (χ3v) is 5.49. The first kappa shape index (κ1) is 19.1. The molecule has 0 atom stereocenters. The third-order valence-electron chi connectivity index (χ3n) is 5.49. The van der Waals surface area contributed by atoms with Gasteiger partial charge >= 0.3 is 0 Å². The number of piperidine rings is 1. The van der Waals surface area contributed by atoms with Crippen LogP contribution in [0.15, 0.2) is 61.4 Å². The average molecular weight is 390 g/mol. The topological polar surface area (TPSA) is 67.2 Å². The molecule has 0 aliphatic carbocycles. The van der Waals surface area contributed by atoms with Crippen molar-refractivity contribution in [2.75, 3.05) is 24.5 Å². The molecular formula is C22H26N6O. The number of nitrogens with zero attached hydrogens (tertiary/aromatic N) is 6. The van der Waals surface area contributed by atoms with Gasteiger partial charge in [-0.05, 0) is 25.3 Å². The van der Waals surface area contributed by atoms with Gasteiger partial charge in [0.2, 0.25) is 5.91 Å². The molecule has 0 bridgehead atoms. The van der Waals surface area contributed by atoms with Gasteiger partial charge in [-0.2, -0.15) is 0 Å². The van der Waals surface area contributed by atoms with Crippen molar-refractivity contribution in [3.8, 4) is 5.82 Å². The van der Waals surface area contributed by atoms with Gasteiger partial charge in [-0.1, -0.05) is 30.3 Å². The molecule has 3 aromatic rings. The number of hydrogen-bond donors (Lipinski definition) is 0. The summed E-state index contributed by atoms with van der Waals surface area (Å²) in [5, 5.41) is 0. The fourth-order valence-electron chi connectivity index (χ4n) is 3.81. The van der Waals surface area contributed by atoms with Gasteiger partial charge in [-0.15, -0.1) is 0 Å². The SMILES string of the molecule is CCN(Cc1ccccc1)C(=O)C1CCN(c2cc(-n3ccnc3)ncn2)CC1. The maximum Gasteiger partial charge on any atom is 0.226 e. The maximum atomic E-state index is 13.1. The van der Waals surface area contributed by atoms with Crippen LogP contribution in [0, 0.1) is 5.92 Å². The van der Waals surface area contributed by atoms with Crippen molar-refractivity contribution in [2.45, 2.75) is 26.3 Å². The van der Waals surface area contributed by atoms with Crippen LogP contribution in [0.1, 0.15) is 25.3 Å². The number of benzene rings is 1. The van der Waals surface area contributed by atoms with Gasteiger partial charge in [0.15, 0.2) is 0 Å². The minimum absolute atomic E-state index is 0.0740. The van der Waals surface area contributed by atoms with Crippen molar-refractivity contribution in [1.82, 2.24) is 24.4 Å². The zero-order valence-corrected chi connectivity index (χ0v) is 16.7. The molecule has 29 heavy (non-hydrogen) atoms. The zero-order chi connectivity index (χ0) is 20.1. The number of hydrogen-bond acceptors (Lipinski definition) is 5. The lowest BCUT2D eigenvalue weighted by molar-refractivity contribution is -0.136. The molecule has 0 N–H and O–H groups in total. The lowest BCUT2D eigenvalue weighted by Crippen LogP contribution is -2.42. The minimum atomic E-state index is 0.0740. The second-order valence-electron chi connectivity index (χ2n) is 7.30. The normalized spacial score (nSPS) is 14.7. The van der Waals surface area contributed by atoms with Crippen LogP contribution in [0.5, 0.6) is 0 Å². The van der Waals surface area contributed by atoms with E-state index in [1.807, 2.05) is 39.9 Å². The molecule has 0 saturated carbocycles. The van der Waals surface area contributed by atoms with Crippen LogP contribution >= 0.6 is 0 Å². The highest BCUT2D eigenvalue weighted by atomic mass is 16.2. The highest BCUT2D eigenvalue weighted by Gasteiger charge is 2.28. The molecule has 1 saturated heterocycles. The summed E-state index contributed by atoms with van der Waals surface area (Å²) in [6.45, 7) is 5.10. The molecule has 2 aromatic heterocycles. The molecule has 7 heteroatoms. The molecule has 150 valence electrons. The van der Waals surface area contributed by atoms with Gasteiger partial charge in [0.25, 0.3) is 0 Å². The molecule has 1 aliphatic heterocycles. The Morgan fingerprint density at radius 3 is 2.59 bits per heavy atom. The van der Waals surface area contributed by atoms with Crippen molar-refractivity contribution in [2.24, 2.45) is 5.92 Å². The molecule has 0 unspecified atom stereocenters. The van der Waals surface area contributed by atoms with Crippen LogP contribution in [0.2, 0.25) is 0 Å². The highest BCUT2D eigenvalue weighted by Crippen LogP contribution is 2.24. The largest absolute Gasteiger partial charge is 0.356 e. The Bertz CT molecular complexity index is 919. The molecule has 1 aromatic carbocycles. The second-order valence-corrected chi connectivity index (χ2v) is 7.30. The molecule has 0 spiro atoms. The van der Waals surface area contributed by atoms with Crippen LogP contribution in [-0.4, -0.2) is 50.0 Å². The van der Waals surface area contributed by atoms with E-state index >= 15 is 0 Å². The molecular weight excluding hydrogens is 364 g/mol. The standard InChI is InChI=1S/C22H26N6O/c1-2-26(15-18-6-4-3-5-7-18)22(29)19-8-11-27(12-9-19)20-14-21(25-16-24-20)28-13-10-23-17-28/h3-7,10,13-14,16-17,19H,2,8-9,11-12,15H2,1H3. The van der Waals surface area contributed by atoms with E-state index in [4.69, 9.17) is 0 Å². The van der Waals surface area contributed by atoms with Crippen molar-refractivity contribution in [3.63, 3.8) is 0 Å². The summed E-state index contributed by atoms with van der Waals surface area (Å²) in [5.41, 5.74) is 1.17. The van der Waals surface area contributed by atoms with Crippen LogP contribution < -0.4 is 4.90 Å². The van der Waals surface area contributed by atoms with Crippen molar-refractivity contribution >= 4 is 11.7 Å². The number of carbonyl (C=O) groups is 1. The highest BCUT2D eigenvalue weighted by molar-refractivity contribution is 5.79. The molecule has 0 radical (unpaired) electrons. The number of rotatable bonds is 6. The maximum absolute atomic E-state index is 13.1. The average Bonchev–Trinajstić information content (AvgIpc) is 3.33. The van der Waals surface area contributed by atoms with Crippen LogP contribution in [0.4, 0.5) is 5.82 Å². The van der Waals surface area contributed by atoms with E-state index < -0.39 is 0 Å². The molecule has 1 fully saturated rings. The summed E-state index contributed by atoms with van der Waals surface area (Å²) < 4.78 is 1.87. The van der Waals surface area contributed by atoms with Crippen LogP contribution in [-0.2, 0) is 11.3 Å². The Morgan fingerprint density at radius 2 is 1.90 bits per heavy atom. The van der Waals surface area contributed by atoms with E-state index in [1.54, 1.807) is 18.9 Å². The third kappa shape index (κ3) is 4.45. The summed E-state index contributed by atoms with van der Waals surface area (Å²) in [5.74, 6) is 2.03. The Kier molecular flexibility index (Phi) is 5.84. The molecule has 3 heterocycles. The molecule has 1 aliphatic rings. The van der Waals surface area contributed by atoms with Gasteiger partial charge in [0.05, 0.1) is 0 Å². The summed E-state index contributed by atoms with van der Waals surface area (Å²) in [4.78, 5) is 30.1. The summed E-state index contributed by atoms with van der Waals surface area (Å²) in [6, 6.07) is 12.2. The minimum Gasteiger partial charge on any atom is -0.356 e. The molecule has 7 nitrogen and oxygen atoms in total. The second kappa shape index (κ2) is 8.86. The lowest BCUT2D eigenvalue weighted by Gasteiger charge is -2.34. The lowest BCUT2D eigenvalue weighted by atomic mass is 9.95. The predicted molar refractivity (Wildman–Crippen MR) is 112 cm³/mol. The first-order valence-corrected chi connectivity index (χ1v) is 10.1. The fourth-order valence-corrected chi connectivity index (χ4v) is 3.81. The molecule has 4 rings (SSSR count). The first-order valence-electron chi connectivity index (χ1n) is 10.1. The Labute approximate surface area is 171 Å². The van der Waals surface area contributed by atoms with E-state index in [-0.39, 0.29) is 11.8 Å². The molecule has 1 amide bonds. The van der Waals surface area contributed by atoms with Gasteiger partial charge in [0, 0.05) is 50.6 Å². The first-order chi connectivity index (χ1) is 14.2. The number of anilines is 1. The summed E-state index contributed by atoms with van der Waals surface area (Å²) >= 11 is 0. The van der Waals surface area contributed by atoms with Gasteiger partial charge < -0.3 is 9.80 Å². The van der Waals surface area contributed by atoms with E-state index in [9.17, 15) is 4.79 Å². The van der Waals surface area contributed by atoms with Crippen molar-refractivity contribution in [1.29, 1.82) is 0 Å². The monoisotopic (exact) mass is 390 g/mol. The number of imidazole rings is 1. The number of amides is 1. The summed E-state index contributed by atoms with van der Waals surface area (Å²) in [6.07, 6.45) is 8.59. The Balaban J connectivity index is 1.37. The van der Waals surface area contributed by atoms with E-state index in [2.05, 4.69) is 38.9 Å². The van der Waals surface area contributed by atoms with Crippen LogP contribution in [0.3, 0.4) is 0 Å². The zero-order valence-electron chi connectivity index (χ0n) is 16.7. The number of aromatic nitrogens is 4. The van der Waals surface area contributed by atoms with Gasteiger partial charge in [-0.25, -0.2) is 15.0 Å². The summed E-state index contributed by atoms with van der Waals surface area (Å²) in [7, 11) is 0. The van der Waals surface area contributed by atoms with Crippen molar-refractivity contribution in [3.05, 3.63) is 67.0 Å². The Morgan fingerprint density at radius 1 is 1.14 bits per heavy atom. The Hall–Kier alpha value is -3.22. The smallest absolute Gasteiger partial charge is 0.226 e. The quantitative estimate of drug-likeness (QED) is 0.647. The van der Waals surface area contributed by atoms with Gasteiger partial charge in [0.1, 0.15) is 24.3 Å². The van der Waals surface area contributed by atoms with Crippen molar-refractivity contribution < 1.29 is 4.79 Å². The predicted octanol–water partition coefficient (Wildman–Crippen LogP) is 2.93. The number of carbonyl (C=O) groups excluding carboxylic acids is 1. The van der Waals surface area contributed by atoms with Gasteiger partial charge in [-0.3, -0.25) is 9.36 Å². The fraction of sp³-hybridized carbons (Fsp3) is 0.364. The van der Waals surface area contributed by atoms with E-state index in [1.165, 1.54) is 5.56 Å². The van der Waals surface area contributed by atoms with E-state index in [0.717, 1.165) is 44.1 Å². The van der Waals surface area contributed by atoms with Crippen LogP contribution in [0.25, 0.3) is 5.82 Å².